The van der Waals surface area contributed by atoms with Gasteiger partial charge < -0.3 is 11.5 Å². The Balaban J connectivity index is 3.10. The van der Waals surface area contributed by atoms with Crippen molar-refractivity contribution < 1.29 is 13.2 Å². The zero-order chi connectivity index (χ0) is 13.9. The Morgan fingerprint density at radius 1 is 1.39 bits per heavy atom. The molecule has 1 aromatic carbocycles. The molecule has 0 atom stereocenters. The molecule has 5 N–H and O–H groups in total. The SMILES string of the molecule is NC(=O)CNS(=O)(=O)c1ccc(C(N)=S)cc1Cl. The molecule has 1 aromatic rings. The van der Waals surface area contributed by atoms with Crippen LogP contribution in [0.2, 0.25) is 5.02 Å². The highest BCUT2D eigenvalue weighted by Gasteiger charge is 2.18. The molecule has 0 radical (unpaired) electrons. The van der Waals surface area contributed by atoms with Crippen molar-refractivity contribution in [3.8, 4) is 0 Å². The van der Waals surface area contributed by atoms with Gasteiger partial charge in [-0.3, -0.25) is 4.79 Å². The smallest absolute Gasteiger partial charge is 0.242 e. The molecule has 0 bridgehead atoms. The summed E-state index contributed by atoms with van der Waals surface area (Å²) in [5.74, 6) is -0.797. The van der Waals surface area contributed by atoms with Crippen LogP contribution in [-0.2, 0) is 14.8 Å². The Kier molecular flexibility index (Phi) is 4.63. The number of carbonyl (C=O) groups excluding carboxylic acids is 1. The van der Waals surface area contributed by atoms with Crippen LogP contribution in [0.25, 0.3) is 0 Å². The van der Waals surface area contributed by atoms with Crippen LogP contribution in [0.15, 0.2) is 23.1 Å². The number of halogens is 1. The highest BCUT2D eigenvalue weighted by atomic mass is 35.5. The monoisotopic (exact) mass is 307 g/mol. The number of carbonyl (C=O) groups is 1. The number of sulfonamides is 1. The van der Waals surface area contributed by atoms with Crippen LogP contribution in [0.1, 0.15) is 5.56 Å². The summed E-state index contributed by atoms with van der Waals surface area (Å²) in [5.41, 5.74) is 10.7. The number of hydrogen-bond acceptors (Lipinski definition) is 4. The maximum Gasteiger partial charge on any atom is 0.242 e. The van der Waals surface area contributed by atoms with E-state index >= 15 is 0 Å². The molecule has 18 heavy (non-hydrogen) atoms. The average Bonchev–Trinajstić information content (AvgIpc) is 2.26. The van der Waals surface area contributed by atoms with Crippen molar-refractivity contribution in [3.63, 3.8) is 0 Å². The van der Waals surface area contributed by atoms with Crippen molar-refractivity contribution in [1.29, 1.82) is 0 Å². The first-order valence-electron chi connectivity index (χ1n) is 4.61. The van der Waals surface area contributed by atoms with E-state index < -0.39 is 22.5 Å². The third-order valence-electron chi connectivity index (χ3n) is 1.94. The molecule has 1 amide bonds. The summed E-state index contributed by atoms with van der Waals surface area (Å²) in [6.07, 6.45) is 0. The van der Waals surface area contributed by atoms with Crippen molar-refractivity contribution in [2.75, 3.05) is 6.54 Å². The van der Waals surface area contributed by atoms with Gasteiger partial charge in [-0.2, -0.15) is 0 Å². The van der Waals surface area contributed by atoms with E-state index in [-0.39, 0.29) is 14.9 Å². The molecule has 1 rings (SSSR count). The third-order valence-corrected chi connectivity index (χ3v) is 4.06. The molecule has 0 aliphatic rings. The average molecular weight is 308 g/mol. The summed E-state index contributed by atoms with van der Waals surface area (Å²) in [5, 5.41) is -0.0442. The fourth-order valence-corrected chi connectivity index (χ4v) is 2.78. The number of primary amides is 1. The maximum absolute atomic E-state index is 11.8. The largest absolute Gasteiger partial charge is 0.389 e. The van der Waals surface area contributed by atoms with Crippen LogP contribution >= 0.6 is 23.8 Å². The topological polar surface area (TPSA) is 115 Å². The molecule has 0 saturated heterocycles. The fourth-order valence-electron chi connectivity index (χ4n) is 1.12. The van der Waals surface area contributed by atoms with Crippen molar-refractivity contribution in [3.05, 3.63) is 28.8 Å². The molecule has 98 valence electrons. The number of benzene rings is 1. The van der Waals surface area contributed by atoms with Crippen LogP contribution in [0.3, 0.4) is 0 Å². The molecule has 0 aliphatic heterocycles. The van der Waals surface area contributed by atoms with Crippen molar-refractivity contribution in [2.45, 2.75) is 4.90 Å². The van der Waals surface area contributed by atoms with Crippen molar-refractivity contribution >= 4 is 44.7 Å². The molecule has 0 aliphatic carbocycles. The molecule has 0 saturated carbocycles. The summed E-state index contributed by atoms with van der Waals surface area (Å²) in [4.78, 5) is 10.5. The number of nitrogens with one attached hydrogen (secondary N) is 1. The third kappa shape index (κ3) is 3.64. The van der Waals surface area contributed by atoms with Crippen LogP contribution in [0.5, 0.6) is 0 Å². The van der Waals surface area contributed by atoms with Gasteiger partial charge in [-0.1, -0.05) is 29.9 Å². The quantitative estimate of drug-likeness (QED) is 0.648. The van der Waals surface area contributed by atoms with Crippen LogP contribution in [0, 0.1) is 0 Å². The Morgan fingerprint density at radius 3 is 2.44 bits per heavy atom. The number of thiocarbonyl (C=S) groups is 1. The normalized spacial score (nSPS) is 11.2. The van der Waals surface area contributed by atoms with E-state index in [9.17, 15) is 13.2 Å². The van der Waals surface area contributed by atoms with E-state index in [1.54, 1.807) is 0 Å². The zero-order valence-electron chi connectivity index (χ0n) is 9.01. The van der Waals surface area contributed by atoms with Gasteiger partial charge in [0.05, 0.1) is 11.6 Å². The molecular weight excluding hydrogens is 298 g/mol. The van der Waals surface area contributed by atoms with Crippen LogP contribution in [0.4, 0.5) is 0 Å². The highest BCUT2D eigenvalue weighted by molar-refractivity contribution is 7.89. The predicted octanol–water partition coefficient (Wildman–Crippen LogP) is -0.262. The molecule has 0 unspecified atom stereocenters. The summed E-state index contributed by atoms with van der Waals surface area (Å²) < 4.78 is 25.6. The lowest BCUT2D eigenvalue weighted by atomic mass is 10.2. The van der Waals surface area contributed by atoms with Gasteiger partial charge in [-0.05, 0) is 12.1 Å². The van der Waals surface area contributed by atoms with Gasteiger partial charge in [0, 0.05) is 5.56 Å². The number of hydrogen-bond donors (Lipinski definition) is 3. The Labute approximate surface area is 114 Å². The maximum atomic E-state index is 11.8. The standard InChI is InChI=1S/C9H10ClN3O3S2/c10-6-3-5(9(12)17)1-2-7(6)18(15,16)13-4-8(11)14/h1-3,13H,4H2,(H2,11,14)(H2,12,17). The Hall–Kier alpha value is -1.22. The van der Waals surface area contributed by atoms with Gasteiger partial charge in [-0.25, -0.2) is 13.1 Å². The molecular formula is C9H10ClN3O3S2. The second-order valence-corrected chi connectivity index (χ2v) is 5.88. The van der Waals surface area contributed by atoms with Crippen LogP contribution < -0.4 is 16.2 Å². The molecule has 0 fully saturated rings. The van der Waals surface area contributed by atoms with Gasteiger partial charge in [0.1, 0.15) is 9.88 Å². The summed E-state index contributed by atoms with van der Waals surface area (Å²) in [7, 11) is -3.90. The number of amides is 1. The number of nitrogens with two attached hydrogens (primary N) is 2. The lowest BCUT2D eigenvalue weighted by Gasteiger charge is -2.08. The second-order valence-electron chi connectivity index (χ2n) is 3.30. The fraction of sp³-hybridized carbons (Fsp3) is 0.111. The Morgan fingerprint density at radius 2 is 2.00 bits per heavy atom. The zero-order valence-corrected chi connectivity index (χ0v) is 11.4. The first-order valence-corrected chi connectivity index (χ1v) is 6.88. The first-order chi connectivity index (χ1) is 8.24. The minimum atomic E-state index is -3.90. The summed E-state index contributed by atoms with van der Waals surface area (Å²) >= 11 is 10.6. The van der Waals surface area contributed by atoms with Crippen molar-refractivity contribution in [1.82, 2.24) is 4.72 Å². The highest BCUT2D eigenvalue weighted by Crippen LogP contribution is 2.22. The molecule has 0 spiro atoms. The van der Waals surface area contributed by atoms with E-state index in [2.05, 4.69) is 0 Å². The lowest BCUT2D eigenvalue weighted by Crippen LogP contribution is -2.33. The van der Waals surface area contributed by atoms with Gasteiger partial charge in [0.25, 0.3) is 0 Å². The predicted molar refractivity (Wildman–Crippen MR) is 71.7 cm³/mol. The molecule has 0 heterocycles. The number of rotatable bonds is 5. The van der Waals surface area contributed by atoms with E-state index in [0.29, 0.717) is 5.56 Å². The van der Waals surface area contributed by atoms with E-state index in [4.69, 9.17) is 35.3 Å². The van der Waals surface area contributed by atoms with E-state index in [1.165, 1.54) is 18.2 Å². The van der Waals surface area contributed by atoms with E-state index in [0.717, 1.165) is 0 Å². The van der Waals surface area contributed by atoms with Crippen LogP contribution in [-0.4, -0.2) is 25.9 Å². The minimum absolute atomic E-state index is 0.0442. The minimum Gasteiger partial charge on any atom is -0.389 e. The van der Waals surface area contributed by atoms with E-state index in [1.807, 2.05) is 4.72 Å². The first kappa shape index (κ1) is 14.8. The molecule has 9 heteroatoms. The van der Waals surface area contributed by atoms with Gasteiger partial charge >= 0.3 is 0 Å². The van der Waals surface area contributed by atoms with Gasteiger partial charge in [-0.15, -0.1) is 0 Å². The molecule has 6 nitrogen and oxygen atoms in total. The Bertz CT molecular complexity index is 601. The lowest BCUT2D eigenvalue weighted by molar-refractivity contribution is -0.116. The summed E-state index contributed by atoms with van der Waals surface area (Å²) in [6, 6.07) is 4.01. The van der Waals surface area contributed by atoms with Gasteiger partial charge in [0.2, 0.25) is 15.9 Å². The molecule has 0 aromatic heterocycles. The van der Waals surface area contributed by atoms with Gasteiger partial charge in [0.15, 0.2) is 0 Å². The summed E-state index contributed by atoms with van der Waals surface area (Å²) in [6.45, 7) is -0.504. The van der Waals surface area contributed by atoms with Crippen molar-refractivity contribution in [2.24, 2.45) is 11.5 Å². The second kappa shape index (κ2) is 5.61.